The van der Waals surface area contributed by atoms with E-state index < -0.39 is 29.9 Å². The van der Waals surface area contributed by atoms with E-state index in [0.717, 1.165) is 21.8 Å². The number of amides is 1. The average Bonchev–Trinajstić information content (AvgIpc) is 3.03. The van der Waals surface area contributed by atoms with Crippen LogP contribution in [0.3, 0.4) is 0 Å². The van der Waals surface area contributed by atoms with E-state index in [1.165, 1.54) is 4.90 Å². The second kappa shape index (κ2) is 7.55. The van der Waals surface area contributed by atoms with Crippen molar-refractivity contribution in [2.45, 2.75) is 44.6 Å². The fourth-order valence-corrected chi connectivity index (χ4v) is 4.19. The van der Waals surface area contributed by atoms with E-state index in [-0.39, 0.29) is 13.1 Å². The number of hydrogen-bond acceptors (Lipinski definition) is 4. The topological polar surface area (TPSA) is 103 Å². The molecule has 1 unspecified atom stereocenters. The van der Waals surface area contributed by atoms with Gasteiger partial charge in [-0.25, -0.2) is 4.79 Å². The van der Waals surface area contributed by atoms with E-state index in [2.05, 4.69) is 10.0 Å². The summed E-state index contributed by atoms with van der Waals surface area (Å²) in [5, 5.41) is 17.0. The predicted molar refractivity (Wildman–Crippen MR) is 115 cm³/mol. The SMILES string of the molecule is CC(C)(C)OC(=O)N1CC(N=[N+]=[N-])[C@H](O)[C@@H](n2c3ccccc3c3ccccc32)C1. The maximum atomic E-state index is 12.8. The van der Waals surface area contributed by atoms with Crippen LogP contribution in [0.2, 0.25) is 0 Å². The Hall–Kier alpha value is -3.22. The average molecular weight is 407 g/mol. The van der Waals surface area contributed by atoms with Crippen molar-refractivity contribution in [2.24, 2.45) is 5.11 Å². The number of aromatic nitrogens is 1. The van der Waals surface area contributed by atoms with Gasteiger partial charge in [0.25, 0.3) is 0 Å². The van der Waals surface area contributed by atoms with Crippen LogP contribution in [-0.4, -0.2) is 51.5 Å². The summed E-state index contributed by atoms with van der Waals surface area (Å²) in [7, 11) is 0. The zero-order chi connectivity index (χ0) is 21.5. The van der Waals surface area contributed by atoms with Crippen LogP contribution in [0.5, 0.6) is 0 Å². The minimum atomic E-state index is -0.946. The van der Waals surface area contributed by atoms with Crippen LogP contribution in [0.15, 0.2) is 53.6 Å². The summed E-state index contributed by atoms with van der Waals surface area (Å²) >= 11 is 0. The van der Waals surface area contributed by atoms with Crippen LogP contribution in [-0.2, 0) is 4.74 Å². The Kier molecular flexibility index (Phi) is 5.05. The smallest absolute Gasteiger partial charge is 0.410 e. The second-order valence-electron chi connectivity index (χ2n) is 8.62. The first-order valence-corrected chi connectivity index (χ1v) is 9.98. The van der Waals surface area contributed by atoms with Crippen LogP contribution in [0.1, 0.15) is 26.8 Å². The van der Waals surface area contributed by atoms with Crippen LogP contribution >= 0.6 is 0 Å². The first-order valence-electron chi connectivity index (χ1n) is 9.98. The van der Waals surface area contributed by atoms with Gasteiger partial charge in [-0.1, -0.05) is 41.5 Å². The molecule has 0 aliphatic carbocycles. The van der Waals surface area contributed by atoms with E-state index in [1.807, 2.05) is 53.1 Å². The van der Waals surface area contributed by atoms with Crippen LogP contribution in [0.25, 0.3) is 32.2 Å². The first kappa shape index (κ1) is 20.1. The molecule has 4 rings (SSSR count). The van der Waals surface area contributed by atoms with E-state index in [9.17, 15) is 9.90 Å². The van der Waals surface area contributed by atoms with Crippen LogP contribution in [0, 0.1) is 0 Å². The molecule has 0 spiro atoms. The van der Waals surface area contributed by atoms with Crippen LogP contribution in [0.4, 0.5) is 4.79 Å². The Morgan fingerprint density at radius 1 is 1.10 bits per heavy atom. The summed E-state index contributed by atoms with van der Waals surface area (Å²) < 4.78 is 7.59. The molecule has 30 heavy (non-hydrogen) atoms. The number of likely N-dealkylation sites (tertiary alicyclic amines) is 1. The standard InChI is InChI=1S/C22H25N5O3/c1-22(2,3)30-21(29)26-12-16(24-25-23)20(28)19(13-26)27-17-10-6-4-8-14(17)15-9-5-7-11-18(15)27/h4-11,16,19-20,28H,12-13H2,1-3H3/t16?,19-,20-/m0/s1. The van der Waals surface area contributed by atoms with Gasteiger partial charge >= 0.3 is 6.09 Å². The molecule has 0 saturated carbocycles. The number of azide groups is 1. The third-order valence-electron chi connectivity index (χ3n) is 5.40. The van der Waals surface area contributed by atoms with Crippen molar-refractivity contribution in [2.75, 3.05) is 13.1 Å². The van der Waals surface area contributed by atoms with Crippen molar-refractivity contribution >= 4 is 27.9 Å². The molecule has 1 aliphatic rings. The third kappa shape index (κ3) is 3.56. The number of fused-ring (bicyclic) bond motifs is 3. The van der Waals surface area contributed by atoms with Gasteiger partial charge in [0.2, 0.25) is 0 Å². The number of rotatable bonds is 2. The number of aliphatic hydroxyl groups is 1. The van der Waals surface area contributed by atoms with Gasteiger partial charge in [-0.3, -0.25) is 0 Å². The maximum Gasteiger partial charge on any atom is 0.410 e. The summed E-state index contributed by atoms with van der Waals surface area (Å²) in [4.78, 5) is 17.2. The lowest BCUT2D eigenvalue weighted by atomic mass is 9.97. The number of aliphatic hydroxyl groups excluding tert-OH is 1. The second-order valence-corrected chi connectivity index (χ2v) is 8.62. The van der Waals surface area contributed by atoms with Gasteiger partial charge in [-0.2, -0.15) is 0 Å². The summed E-state index contributed by atoms with van der Waals surface area (Å²) in [6.07, 6.45) is -1.43. The fraction of sp³-hybridized carbons (Fsp3) is 0.409. The molecule has 0 radical (unpaired) electrons. The molecule has 2 heterocycles. The van der Waals surface area contributed by atoms with Gasteiger partial charge in [0.1, 0.15) is 5.60 Å². The van der Waals surface area contributed by atoms with Gasteiger partial charge in [-0.05, 0) is 38.4 Å². The van der Waals surface area contributed by atoms with Crippen LogP contribution < -0.4 is 0 Å². The Morgan fingerprint density at radius 3 is 2.20 bits per heavy atom. The predicted octanol–water partition coefficient (Wildman–Crippen LogP) is 4.63. The van der Waals surface area contributed by atoms with Crippen molar-refractivity contribution in [3.8, 4) is 0 Å². The normalized spacial score (nSPS) is 22.1. The van der Waals surface area contributed by atoms with Crippen molar-refractivity contribution in [1.29, 1.82) is 0 Å². The van der Waals surface area contributed by atoms with Crippen molar-refractivity contribution < 1.29 is 14.6 Å². The highest BCUT2D eigenvalue weighted by Crippen LogP contribution is 2.36. The Balaban J connectivity index is 1.83. The van der Waals surface area contributed by atoms with Gasteiger partial charge in [0.05, 0.1) is 18.2 Å². The lowest BCUT2D eigenvalue weighted by molar-refractivity contribution is -0.0119. The molecule has 156 valence electrons. The quantitative estimate of drug-likeness (QED) is 0.380. The molecular formula is C22H25N5O3. The van der Waals surface area contributed by atoms with Gasteiger partial charge < -0.3 is 19.3 Å². The molecule has 1 aromatic heterocycles. The summed E-state index contributed by atoms with van der Waals surface area (Å²) in [6, 6.07) is 14.7. The molecule has 8 heteroatoms. The Morgan fingerprint density at radius 2 is 1.67 bits per heavy atom. The van der Waals surface area contributed by atoms with E-state index in [0.29, 0.717) is 0 Å². The zero-order valence-corrected chi connectivity index (χ0v) is 17.3. The Bertz CT molecular complexity index is 1090. The molecule has 3 aromatic rings. The number of ether oxygens (including phenoxy) is 1. The zero-order valence-electron chi connectivity index (χ0n) is 17.3. The minimum Gasteiger partial charge on any atom is -0.444 e. The molecule has 1 saturated heterocycles. The highest BCUT2D eigenvalue weighted by atomic mass is 16.6. The van der Waals surface area contributed by atoms with E-state index in [1.54, 1.807) is 20.8 Å². The third-order valence-corrected chi connectivity index (χ3v) is 5.40. The fourth-order valence-electron chi connectivity index (χ4n) is 4.19. The molecule has 1 N–H and O–H groups in total. The van der Waals surface area contributed by atoms with Gasteiger partial charge in [0.15, 0.2) is 0 Å². The molecule has 1 aliphatic heterocycles. The number of carbonyl (C=O) groups is 1. The highest BCUT2D eigenvalue weighted by Gasteiger charge is 2.40. The van der Waals surface area contributed by atoms with Crippen molar-refractivity contribution in [3.63, 3.8) is 0 Å². The number of carbonyl (C=O) groups excluding carboxylic acids is 1. The maximum absolute atomic E-state index is 12.8. The van der Waals surface area contributed by atoms with Crippen molar-refractivity contribution in [1.82, 2.24) is 9.47 Å². The lowest BCUT2D eigenvalue weighted by Crippen LogP contribution is -2.54. The molecule has 8 nitrogen and oxygen atoms in total. The summed E-state index contributed by atoms with van der Waals surface area (Å²) in [5.41, 5.74) is 10.3. The largest absolute Gasteiger partial charge is 0.444 e. The molecule has 1 fully saturated rings. The molecule has 1 amide bonds. The number of piperidine rings is 1. The van der Waals surface area contributed by atoms with E-state index >= 15 is 0 Å². The van der Waals surface area contributed by atoms with Gasteiger partial charge in [0, 0.05) is 39.8 Å². The molecular weight excluding hydrogens is 382 g/mol. The lowest BCUT2D eigenvalue weighted by Gasteiger charge is -2.41. The minimum absolute atomic E-state index is 0.105. The molecule has 0 bridgehead atoms. The molecule has 3 atom stereocenters. The highest BCUT2D eigenvalue weighted by molar-refractivity contribution is 6.08. The van der Waals surface area contributed by atoms with Gasteiger partial charge in [-0.15, -0.1) is 0 Å². The summed E-state index contributed by atoms with van der Waals surface area (Å²) in [5.74, 6) is 0. The van der Waals surface area contributed by atoms with Crippen molar-refractivity contribution in [3.05, 3.63) is 59.0 Å². The number of para-hydroxylation sites is 2. The monoisotopic (exact) mass is 407 g/mol. The molecule has 2 aromatic carbocycles. The van der Waals surface area contributed by atoms with E-state index in [4.69, 9.17) is 10.3 Å². The number of nitrogens with zero attached hydrogens (tertiary/aromatic N) is 5. The number of hydrogen-bond donors (Lipinski definition) is 1. The number of benzene rings is 2. The first-order chi connectivity index (χ1) is 14.3. The summed E-state index contributed by atoms with van der Waals surface area (Å²) in [6.45, 7) is 5.77. The Labute approximate surface area is 174 Å².